The summed E-state index contributed by atoms with van der Waals surface area (Å²) in [6.07, 6.45) is 0.737. The highest BCUT2D eigenvalue weighted by molar-refractivity contribution is 5.97. The van der Waals surface area contributed by atoms with E-state index in [4.69, 9.17) is 16.2 Å². The highest BCUT2D eigenvalue weighted by Gasteiger charge is 2.21. The smallest absolute Gasteiger partial charge is 0.328 e. The quantitative estimate of drug-likeness (QED) is 0.132. The summed E-state index contributed by atoms with van der Waals surface area (Å²) in [4.78, 5) is 40.2. The molecule has 2 aromatic rings. The summed E-state index contributed by atoms with van der Waals surface area (Å²) in [5, 5.41) is 13.3. The number of carbonyl (C=O) groups excluding carboxylic acids is 3. The highest BCUT2D eigenvalue weighted by Crippen LogP contribution is 2.18. The lowest BCUT2D eigenvalue weighted by molar-refractivity contribution is -0.145. The standard InChI is InChI=1S/C22H27N7O4/c1-33-21(32)18(8-5-13-25-22(23)24)27-19(30)14-26-20(31)15-9-11-17(12-10-15)29-28-16-6-3-2-4-7-16/h2-4,6-7,9-12,18H,5,8,13-14H2,1H3,(H,26,31)(H,27,30)(H4,23,24,25). The number of nitrogens with one attached hydrogen (secondary N) is 2. The van der Waals surface area contributed by atoms with E-state index in [9.17, 15) is 14.4 Å². The molecule has 0 spiro atoms. The monoisotopic (exact) mass is 453 g/mol. The van der Waals surface area contributed by atoms with Crippen molar-refractivity contribution in [2.45, 2.75) is 18.9 Å². The van der Waals surface area contributed by atoms with E-state index < -0.39 is 23.8 Å². The Labute approximate surface area is 191 Å². The van der Waals surface area contributed by atoms with Crippen molar-refractivity contribution >= 4 is 35.1 Å². The number of rotatable bonds is 11. The van der Waals surface area contributed by atoms with Gasteiger partial charge in [-0.05, 0) is 49.2 Å². The van der Waals surface area contributed by atoms with Crippen LogP contribution in [0, 0.1) is 0 Å². The van der Waals surface area contributed by atoms with Gasteiger partial charge in [0.05, 0.1) is 25.0 Å². The Kier molecular flexibility index (Phi) is 9.99. The van der Waals surface area contributed by atoms with Gasteiger partial charge in [-0.1, -0.05) is 18.2 Å². The molecular formula is C22H27N7O4. The number of aliphatic imine (C=N–C) groups is 1. The van der Waals surface area contributed by atoms with Crippen molar-refractivity contribution in [3.63, 3.8) is 0 Å². The number of benzene rings is 2. The van der Waals surface area contributed by atoms with Crippen molar-refractivity contribution in [1.82, 2.24) is 10.6 Å². The van der Waals surface area contributed by atoms with Gasteiger partial charge in [0.25, 0.3) is 5.91 Å². The maximum absolute atomic E-state index is 12.3. The zero-order valence-corrected chi connectivity index (χ0v) is 18.2. The van der Waals surface area contributed by atoms with Crippen molar-refractivity contribution in [1.29, 1.82) is 0 Å². The number of nitrogens with zero attached hydrogens (tertiary/aromatic N) is 3. The molecule has 1 atom stereocenters. The minimum Gasteiger partial charge on any atom is -0.467 e. The molecule has 0 fully saturated rings. The number of methoxy groups -OCH3 is 1. The first kappa shape index (κ1) is 25.0. The van der Waals surface area contributed by atoms with Crippen LogP contribution in [-0.4, -0.2) is 50.0 Å². The van der Waals surface area contributed by atoms with E-state index in [1.54, 1.807) is 24.3 Å². The fourth-order valence-electron chi connectivity index (χ4n) is 2.69. The summed E-state index contributed by atoms with van der Waals surface area (Å²) in [6, 6.07) is 14.8. The molecule has 11 heteroatoms. The van der Waals surface area contributed by atoms with Crippen molar-refractivity contribution in [3.8, 4) is 0 Å². The van der Waals surface area contributed by atoms with Gasteiger partial charge in [0, 0.05) is 12.1 Å². The van der Waals surface area contributed by atoms with Crippen molar-refractivity contribution in [2.75, 3.05) is 20.2 Å². The van der Waals surface area contributed by atoms with Gasteiger partial charge >= 0.3 is 5.97 Å². The molecule has 2 rings (SSSR count). The SMILES string of the molecule is COC(=O)C(CCCN=C(N)N)NC(=O)CNC(=O)c1ccc(N=Nc2ccccc2)cc1. The Morgan fingerprint density at radius 3 is 2.21 bits per heavy atom. The summed E-state index contributed by atoms with van der Waals surface area (Å²) in [5.74, 6) is -1.63. The molecule has 0 aromatic heterocycles. The summed E-state index contributed by atoms with van der Waals surface area (Å²) in [7, 11) is 1.22. The summed E-state index contributed by atoms with van der Waals surface area (Å²) in [5.41, 5.74) is 12.2. The molecule has 2 amide bonds. The van der Waals surface area contributed by atoms with Crippen LogP contribution in [0.25, 0.3) is 0 Å². The number of ether oxygens (including phenoxy) is 1. The lowest BCUT2D eigenvalue weighted by Crippen LogP contribution is -2.46. The molecule has 0 aliphatic carbocycles. The molecule has 0 bridgehead atoms. The second-order valence-electron chi connectivity index (χ2n) is 6.86. The van der Waals surface area contributed by atoms with Crippen LogP contribution in [0.4, 0.5) is 11.4 Å². The Morgan fingerprint density at radius 1 is 0.970 bits per heavy atom. The lowest BCUT2D eigenvalue weighted by Gasteiger charge is -2.16. The van der Waals surface area contributed by atoms with E-state index in [1.807, 2.05) is 30.3 Å². The molecule has 0 aliphatic heterocycles. The zero-order chi connectivity index (χ0) is 24.1. The molecule has 0 saturated carbocycles. The van der Waals surface area contributed by atoms with Gasteiger partial charge in [-0.15, -0.1) is 0 Å². The van der Waals surface area contributed by atoms with Crippen LogP contribution in [-0.2, 0) is 14.3 Å². The molecule has 174 valence electrons. The molecule has 6 N–H and O–H groups in total. The van der Waals surface area contributed by atoms with E-state index in [0.29, 0.717) is 29.9 Å². The van der Waals surface area contributed by atoms with Crippen LogP contribution in [0.15, 0.2) is 69.8 Å². The number of hydrogen-bond donors (Lipinski definition) is 4. The molecular weight excluding hydrogens is 426 g/mol. The van der Waals surface area contributed by atoms with Crippen molar-refractivity contribution in [2.24, 2.45) is 26.7 Å². The second kappa shape index (κ2) is 13.2. The first-order valence-electron chi connectivity index (χ1n) is 10.2. The third kappa shape index (κ3) is 9.17. The van der Waals surface area contributed by atoms with Crippen molar-refractivity contribution < 1.29 is 19.1 Å². The summed E-state index contributed by atoms with van der Waals surface area (Å²) >= 11 is 0. The second-order valence-corrected chi connectivity index (χ2v) is 6.86. The van der Waals surface area contributed by atoms with E-state index in [1.165, 1.54) is 7.11 Å². The van der Waals surface area contributed by atoms with Crippen molar-refractivity contribution in [3.05, 3.63) is 60.2 Å². The van der Waals surface area contributed by atoms with E-state index in [-0.39, 0.29) is 18.9 Å². The number of azo groups is 1. The lowest BCUT2D eigenvalue weighted by atomic mass is 10.1. The molecule has 0 saturated heterocycles. The summed E-state index contributed by atoms with van der Waals surface area (Å²) in [6.45, 7) is -0.000953. The van der Waals surface area contributed by atoms with Gasteiger partial charge in [-0.2, -0.15) is 10.2 Å². The van der Waals surface area contributed by atoms with Crippen LogP contribution in [0.5, 0.6) is 0 Å². The van der Waals surface area contributed by atoms with Gasteiger partial charge in [-0.3, -0.25) is 14.6 Å². The third-order valence-corrected chi connectivity index (χ3v) is 4.34. The fourth-order valence-corrected chi connectivity index (χ4v) is 2.69. The number of amides is 2. The maximum atomic E-state index is 12.3. The predicted octanol–water partition coefficient (Wildman–Crippen LogP) is 1.54. The number of esters is 1. The molecule has 0 aliphatic rings. The molecule has 11 nitrogen and oxygen atoms in total. The number of carbonyl (C=O) groups is 3. The van der Waals surface area contributed by atoms with E-state index in [2.05, 4.69) is 25.9 Å². The van der Waals surface area contributed by atoms with E-state index >= 15 is 0 Å². The minimum absolute atomic E-state index is 0.0522. The Balaban J connectivity index is 1.84. The van der Waals surface area contributed by atoms with Crippen LogP contribution >= 0.6 is 0 Å². The average Bonchev–Trinajstić information content (AvgIpc) is 2.83. The van der Waals surface area contributed by atoms with Gasteiger partial charge in [0.15, 0.2) is 5.96 Å². The van der Waals surface area contributed by atoms with E-state index in [0.717, 1.165) is 0 Å². The Morgan fingerprint density at radius 2 is 1.61 bits per heavy atom. The van der Waals surface area contributed by atoms with Gasteiger partial charge in [0.2, 0.25) is 5.91 Å². The molecule has 0 radical (unpaired) electrons. The third-order valence-electron chi connectivity index (χ3n) is 4.34. The van der Waals surface area contributed by atoms with Crippen LogP contribution in [0.1, 0.15) is 23.2 Å². The largest absolute Gasteiger partial charge is 0.467 e. The minimum atomic E-state index is -0.872. The first-order valence-corrected chi connectivity index (χ1v) is 10.2. The molecule has 2 aromatic carbocycles. The number of nitrogens with two attached hydrogens (primary N) is 2. The van der Waals surface area contributed by atoms with Gasteiger partial charge in [-0.25, -0.2) is 4.79 Å². The number of guanidine groups is 1. The molecule has 1 unspecified atom stereocenters. The van der Waals surface area contributed by atoms with Crippen LogP contribution in [0.2, 0.25) is 0 Å². The predicted molar refractivity (Wildman–Crippen MR) is 123 cm³/mol. The topological polar surface area (TPSA) is 174 Å². The highest BCUT2D eigenvalue weighted by atomic mass is 16.5. The Bertz CT molecular complexity index is 988. The van der Waals surface area contributed by atoms with Gasteiger partial charge in [0.1, 0.15) is 6.04 Å². The van der Waals surface area contributed by atoms with Crippen LogP contribution in [0.3, 0.4) is 0 Å². The normalized spacial score (nSPS) is 11.4. The average molecular weight is 454 g/mol. The van der Waals surface area contributed by atoms with Gasteiger partial charge < -0.3 is 26.8 Å². The number of hydrogen-bond acceptors (Lipinski definition) is 7. The van der Waals surface area contributed by atoms with Crippen LogP contribution < -0.4 is 22.1 Å². The fraction of sp³-hybridized carbons (Fsp3) is 0.273. The molecule has 0 heterocycles. The molecule has 33 heavy (non-hydrogen) atoms. The first-order chi connectivity index (χ1) is 15.9. The zero-order valence-electron chi connectivity index (χ0n) is 18.2. The Hall–Kier alpha value is -4.28. The maximum Gasteiger partial charge on any atom is 0.328 e. The summed E-state index contributed by atoms with van der Waals surface area (Å²) < 4.78 is 4.70.